The van der Waals surface area contributed by atoms with E-state index in [1.807, 2.05) is 58.1 Å². The normalized spacial score (nSPS) is 17.5. The van der Waals surface area contributed by atoms with Gasteiger partial charge in [-0.3, -0.25) is 9.69 Å². The molecule has 1 aromatic carbocycles. The van der Waals surface area contributed by atoms with Crippen molar-refractivity contribution in [2.45, 2.75) is 25.8 Å². The lowest BCUT2D eigenvalue weighted by Gasteiger charge is -2.34. The quantitative estimate of drug-likeness (QED) is 0.377. The van der Waals surface area contributed by atoms with Crippen LogP contribution >= 0.6 is 0 Å². The van der Waals surface area contributed by atoms with Gasteiger partial charge in [-0.2, -0.15) is 5.10 Å². The molecule has 0 N–H and O–H groups in total. The molecule has 0 atom stereocenters. The number of carbonyl (C=O) groups excluding carboxylic acids is 1. The number of piperidine rings is 1. The van der Waals surface area contributed by atoms with Crippen molar-refractivity contribution in [3.63, 3.8) is 0 Å². The van der Waals surface area contributed by atoms with Crippen molar-refractivity contribution in [3.05, 3.63) is 72.3 Å². The molecule has 0 radical (unpaired) electrons. The molecule has 0 saturated carbocycles. The fraction of sp³-hybridized carbons (Fsp3) is 0.414. The smallest absolute Gasteiger partial charge is 0.254 e. The van der Waals surface area contributed by atoms with Crippen molar-refractivity contribution in [1.29, 1.82) is 0 Å². The zero-order chi connectivity index (χ0) is 25.0. The van der Waals surface area contributed by atoms with Crippen molar-refractivity contribution < 1.29 is 13.9 Å². The lowest BCUT2D eigenvalue weighted by atomic mass is 9.92. The zero-order valence-electron chi connectivity index (χ0n) is 21.1. The van der Waals surface area contributed by atoms with Gasteiger partial charge in [0.05, 0.1) is 42.3 Å². The number of hydrogen-bond acceptors (Lipinski definition) is 6. The summed E-state index contributed by atoms with van der Waals surface area (Å²) in [6, 6.07) is 15.7. The number of aromatic nitrogens is 3. The molecule has 0 aliphatic carbocycles. The second-order valence-electron chi connectivity index (χ2n) is 10.0. The number of nitrogens with zero attached hydrogens (tertiary/aromatic N) is 5. The van der Waals surface area contributed by atoms with Gasteiger partial charge in [0.25, 0.3) is 5.91 Å². The third-order valence-electron chi connectivity index (χ3n) is 7.65. The first-order valence-electron chi connectivity index (χ1n) is 13.3. The van der Waals surface area contributed by atoms with Gasteiger partial charge in [0.2, 0.25) is 0 Å². The van der Waals surface area contributed by atoms with Crippen LogP contribution in [0.15, 0.2) is 65.4 Å². The Balaban J connectivity index is 1.22. The second kappa shape index (κ2) is 10.9. The van der Waals surface area contributed by atoms with Crippen LogP contribution in [0, 0.1) is 5.92 Å². The maximum atomic E-state index is 13.9. The number of carbonyl (C=O) groups is 1. The number of morpholine rings is 1. The summed E-state index contributed by atoms with van der Waals surface area (Å²) in [5.74, 6) is 1.53. The van der Waals surface area contributed by atoms with Crippen molar-refractivity contribution in [3.8, 4) is 11.3 Å². The molecule has 8 heteroatoms. The van der Waals surface area contributed by atoms with E-state index in [1.54, 1.807) is 12.5 Å². The number of amides is 1. The highest BCUT2D eigenvalue weighted by molar-refractivity contribution is 6.06. The maximum Gasteiger partial charge on any atom is 0.254 e. The number of likely N-dealkylation sites (tertiary alicyclic amines) is 1. The third-order valence-corrected chi connectivity index (χ3v) is 7.65. The van der Waals surface area contributed by atoms with Gasteiger partial charge < -0.3 is 14.1 Å². The lowest BCUT2D eigenvalue weighted by Crippen LogP contribution is -2.41. The molecule has 0 unspecified atom stereocenters. The molecule has 0 spiro atoms. The summed E-state index contributed by atoms with van der Waals surface area (Å²) in [6.45, 7) is 6.92. The molecule has 3 aromatic heterocycles. The zero-order valence-corrected chi connectivity index (χ0v) is 21.1. The Morgan fingerprint density at radius 1 is 1.00 bits per heavy atom. The Morgan fingerprint density at radius 2 is 1.81 bits per heavy atom. The van der Waals surface area contributed by atoms with Gasteiger partial charge in [-0.05, 0) is 49.9 Å². The third kappa shape index (κ3) is 5.31. The van der Waals surface area contributed by atoms with E-state index >= 15 is 0 Å². The van der Waals surface area contributed by atoms with E-state index in [0.29, 0.717) is 23.7 Å². The molecule has 2 aliphatic heterocycles. The first-order chi connectivity index (χ1) is 18.2. The Bertz CT molecular complexity index is 1320. The molecule has 6 rings (SSSR count). The Hall–Kier alpha value is -3.49. The first-order valence-corrected chi connectivity index (χ1v) is 13.3. The van der Waals surface area contributed by atoms with Gasteiger partial charge in [0.1, 0.15) is 12.3 Å². The van der Waals surface area contributed by atoms with Gasteiger partial charge in [0, 0.05) is 31.7 Å². The number of fused-ring (bicyclic) bond motifs is 1. The summed E-state index contributed by atoms with van der Waals surface area (Å²) in [7, 11) is 0. The van der Waals surface area contributed by atoms with Crippen LogP contribution in [0.25, 0.3) is 22.3 Å². The average Bonchev–Trinajstić information content (AvgIpc) is 3.63. The minimum Gasteiger partial charge on any atom is -0.467 e. The van der Waals surface area contributed by atoms with Crippen molar-refractivity contribution in [2.24, 2.45) is 5.92 Å². The Kier molecular flexibility index (Phi) is 7.01. The molecule has 2 saturated heterocycles. The SMILES string of the molecule is O=C(c1cc(-c2ccccc2)nc2c1cnn2Cc1ccco1)N1CCC(CCN2CCOCC2)CC1. The highest BCUT2D eigenvalue weighted by atomic mass is 16.5. The van der Waals surface area contributed by atoms with E-state index in [4.69, 9.17) is 14.1 Å². The fourth-order valence-corrected chi connectivity index (χ4v) is 5.43. The molecule has 192 valence electrons. The van der Waals surface area contributed by atoms with Gasteiger partial charge in [-0.15, -0.1) is 0 Å². The van der Waals surface area contributed by atoms with E-state index in [-0.39, 0.29) is 5.91 Å². The number of rotatable bonds is 7. The maximum absolute atomic E-state index is 13.9. The Labute approximate surface area is 216 Å². The van der Waals surface area contributed by atoms with E-state index < -0.39 is 0 Å². The lowest BCUT2D eigenvalue weighted by molar-refractivity contribution is 0.0332. The largest absolute Gasteiger partial charge is 0.467 e. The minimum absolute atomic E-state index is 0.0637. The van der Waals surface area contributed by atoms with Crippen LogP contribution < -0.4 is 0 Å². The molecular formula is C29H33N5O3. The molecule has 1 amide bonds. The van der Waals surface area contributed by atoms with E-state index in [9.17, 15) is 4.79 Å². The topological polar surface area (TPSA) is 76.6 Å². The summed E-state index contributed by atoms with van der Waals surface area (Å²) >= 11 is 0. The average molecular weight is 500 g/mol. The predicted octanol–water partition coefficient (Wildman–Crippen LogP) is 4.31. The van der Waals surface area contributed by atoms with E-state index in [1.165, 1.54) is 6.42 Å². The van der Waals surface area contributed by atoms with Gasteiger partial charge in [-0.25, -0.2) is 9.67 Å². The molecule has 0 bridgehead atoms. The van der Waals surface area contributed by atoms with Crippen molar-refractivity contribution in [2.75, 3.05) is 45.9 Å². The molecule has 5 heterocycles. The molecule has 2 fully saturated rings. The highest BCUT2D eigenvalue weighted by Crippen LogP contribution is 2.28. The molecular weight excluding hydrogens is 466 g/mol. The van der Waals surface area contributed by atoms with Crippen LogP contribution in [0.1, 0.15) is 35.4 Å². The van der Waals surface area contributed by atoms with Crippen LogP contribution in [0.4, 0.5) is 0 Å². The standard InChI is InChI=1S/C29H33N5O3/c35-29(33-12-9-22(10-13-33)8-11-32-14-17-36-18-15-32)25-19-27(23-5-2-1-3-6-23)31-28-26(25)20-30-34(28)21-24-7-4-16-37-24/h1-7,16,19-20,22H,8-15,17-18,21H2. The van der Waals surface area contributed by atoms with Crippen LogP contribution in [0.3, 0.4) is 0 Å². The van der Waals surface area contributed by atoms with Crippen LogP contribution in [-0.2, 0) is 11.3 Å². The molecule has 37 heavy (non-hydrogen) atoms. The summed E-state index contributed by atoms with van der Waals surface area (Å²) in [5, 5.41) is 5.37. The number of hydrogen-bond donors (Lipinski definition) is 0. The number of ether oxygens (including phenoxy) is 1. The number of furan rings is 1. The molecule has 4 aromatic rings. The van der Waals surface area contributed by atoms with Crippen molar-refractivity contribution >= 4 is 16.9 Å². The van der Waals surface area contributed by atoms with Crippen molar-refractivity contribution in [1.82, 2.24) is 24.6 Å². The van der Waals surface area contributed by atoms with Crippen LogP contribution in [0.5, 0.6) is 0 Å². The van der Waals surface area contributed by atoms with Crippen LogP contribution in [-0.4, -0.2) is 76.4 Å². The first kappa shape index (κ1) is 23.9. The monoisotopic (exact) mass is 499 g/mol. The summed E-state index contributed by atoms with van der Waals surface area (Å²) in [5.41, 5.74) is 3.12. The predicted molar refractivity (Wildman–Crippen MR) is 141 cm³/mol. The van der Waals surface area contributed by atoms with Crippen LogP contribution in [0.2, 0.25) is 0 Å². The highest BCUT2D eigenvalue weighted by Gasteiger charge is 2.27. The van der Waals surface area contributed by atoms with Gasteiger partial charge in [-0.1, -0.05) is 30.3 Å². The number of pyridine rings is 1. The van der Waals surface area contributed by atoms with Gasteiger partial charge >= 0.3 is 0 Å². The molecule has 8 nitrogen and oxygen atoms in total. The molecule has 2 aliphatic rings. The minimum atomic E-state index is 0.0637. The Morgan fingerprint density at radius 3 is 2.57 bits per heavy atom. The fourth-order valence-electron chi connectivity index (χ4n) is 5.43. The van der Waals surface area contributed by atoms with Gasteiger partial charge in [0.15, 0.2) is 5.65 Å². The summed E-state index contributed by atoms with van der Waals surface area (Å²) in [4.78, 5) is 23.3. The van der Waals surface area contributed by atoms with E-state index in [0.717, 1.165) is 81.2 Å². The van der Waals surface area contributed by atoms with E-state index in [2.05, 4.69) is 10.00 Å². The summed E-state index contributed by atoms with van der Waals surface area (Å²) in [6.07, 6.45) is 6.71. The summed E-state index contributed by atoms with van der Waals surface area (Å²) < 4.78 is 12.8. The second-order valence-corrected chi connectivity index (χ2v) is 10.0. The number of benzene rings is 1.